The van der Waals surface area contributed by atoms with Crippen LogP contribution >= 0.6 is 0 Å². The molecule has 0 radical (unpaired) electrons. The highest BCUT2D eigenvalue weighted by Gasteiger charge is 2.68. The van der Waals surface area contributed by atoms with Crippen LogP contribution in [0.5, 0.6) is 0 Å². The van der Waals surface area contributed by atoms with Gasteiger partial charge in [0, 0.05) is 18.7 Å². The van der Waals surface area contributed by atoms with Gasteiger partial charge in [0.1, 0.15) is 5.54 Å². The number of benzene rings is 2. The Bertz CT molecular complexity index is 961. The molecule has 2 aromatic carbocycles. The van der Waals surface area contributed by atoms with Crippen LogP contribution in [0.15, 0.2) is 36.4 Å². The van der Waals surface area contributed by atoms with E-state index in [1.807, 2.05) is 43.3 Å². The van der Waals surface area contributed by atoms with E-state index in [0.29, 0.717) is 5.56 Å². The minimum atomic E-state index is -1.12. The van der Waals surface area contributed by atoms with Crippen molar-refractivity contribution in [2.45, 2.75) is 18.5 Å². The van der Waals surface area contributed by atoms with E-state index >= 15 is 0 Å². The summed E-state index contributed by atoms with van der Waals surface area (Å²) < 4.78 is 0. The van der Waals surface area contributed by atoms with Crippen LogP contribution in [0, 0.1) is 11.8 Å². The second-order valence-electron chi connectivity index (χ2n) is 7.02. The van der Waals surface area contributed by atoms with Crippen molar-refractivity contribution < 1.29 is 14.4 Å². The molecule has 0 unspecified atom stereocenters. The molecule has 2 fully saturated rings. The van der Waals surface area contributed by atoms with Crippen molar-refractivity contribution in [3.8, 4) is 0 Å². The van der Waals surface area contributed by atoms with E-state index in [2.05, 4.69) is 5.32 Å². The number of fused-ring (bicyclic) bond motifs is 3. The van der Waals surface area contributed by atoms with Crippen molar-refractivity contribution in [2.75, 3.05) is 7.05 Å². The van der Waals surface area contributed by atoms with Gasteiger partial charge < -0.3 is 0 Å². The maximum atomic E-state index is 13.4. The minimum absolute atomic E-state index is 0.0925. The van der Waals surface area contributed by atoms with Crippen LogP contribution in [0.2, 0.25) is 0 Å². The molecular formula is C19H16N2O3. The van der Waals surface area contributed by atoms with E-state index < -0.39 is 17.4 Å². The number of amides is 2. The molecule has 2 aromatic rings. The smallest absolute Gasteiger partial charge is 0.235 e. The number of nitrogens with one attached hydrogen (secondary N) is 1. The van der Waals surface area contributed by atoms with Crippen molar-refractivity contribution in [3.05, 3.63) is 47.5 Å². The molecule has 4 atom stereocenters. The van der Waals surface area contributed by atoms with E-state index in [0.717, 1.165) is 16.3 Å². The molecule has 1 N–H and O–H groups in total. The maximum absolute atomic E-state index is 13.4. The summed E-state index contributed by atoms with van der Waals surface area (Å²) in [5, 5.41) is 5.24. The summed E-state index contributed by atoms with van der Waals surface area (Å²) in [7, 11) is 1.51. The summed E-state index contributed by atoms with van der Waals surface area (Å²) in [6, 6.07) is 11.2. The van der Waals surface area contributed by atoms with Crippen LogP contribution in [0.1, 0.15) is 22.8 Å². The summed E-state index contributed by atoms with van der Waals surface area (Å²) >= 11 is 0. The molecule has 0 bridgehead atoms. The first-order valence-corrected chi connectivity index (χ1v) is 8.14. The number of hydrogen-bond donors (Lipinski definition) is 1. The number of Topliss-reactive ketones (excluding diaryl/α,β-unsaturated/α-hetero) is 1. The van der Waals surface area contributed by atoms with Crippen LogP contribution in [-0.2, 0) is 15.1 Å². The standard InChI is InChI=1S/C19H16N2O3/c1-9-13-15(18(24)21(2)17(13)23)19(20-9)12-8-4-6-10-5-3-7-11(14(10)12)16(19)22/h3-9,13,15,20H,1-2H3/t9-,13+,15-,19+/m0/s1. The maximum Gasteiger partial charge on any atom is 0.235 e. The van der Waals surface area contributed by atoms with Gasteiger partial charge in [-0.05, 0) is 23.3 Å². The zero-order chi connectivity index (χ0) is 16.8. The molecule has 2 saturated heterocycles. The van der Waals surface area contributed by atoms with Gasteiger partial charge in [-0.25, -0.2) is 0 Å². The molecule has 1 aliphatic carbocycles. The lowest BCUT2D eigenvalue weighted by atomic mass is 9.75. The van der Waals surface area contributed by atoms with Gasteiger partial charge in [-0.1, -0.05) is 36.4 Å². The number of rotatable bonds is 0. The van der Waals surface area contributed by atoms with E-state index in [4.69, 9.17) is 0 Å². The number of carbonyl (C=O) groups is 3. The molecule has 2 heterocycles. The number of likely N-dealkylation sites (tertiary alicyclic amines) is 1. The Kier molecular flexibility index (Phi) is 2.37. The Morgan fingerprint density at radius 3 is 2.50 bits per heavy atom. The molecule has 24 heavy (non-hydrogen) atoms. The molecular weight excluding hydrogens is 304 g/mol. The third kappa shape index (κ3) is 1.26. The van der Waals surface area contributed by atoms with Gasteiger partial charge in [-0.15, -0.1) is 0 Å². The molecule has 1 spiro atoms. The molecule has 120 valence electrons. The van der Waals surface area contributed by atoms with Crippen molar-refractivity contribution >= 4 is 28.4 Å². The van der Waals surface area contributed by atoms with Gasteiger partial charge in [0.05, 0.1) is 11.8 Å². The Hall–Kier alpha value is -2.53. The minimum Gasteiger partial charge on any atom is -0.297 e. The summed E-state index contributed by atoms with van der Waals surface area (Å²) in [5.41, 5.74) is 0.347. The van der Waals surface area contributed by atoms with Crippen LogP contribution in [0.25, 0.3) is 10.8 Å². The molecule has 0 saturated carbocycles. The molecule has 0 aromatic heterocycles. The SMILES string of the molecule is C[C@@H]1N[C@@]2(C(=O)c3cccc4cccc2c34)[C@@H]2C(=O)N(C)C(=O)[C@H]12. The summed E-state index contributed by atoms with van der Waals surface area (Å²) in [4.78, 5) is 39.9. The highest BCUT2D eigenvalue weighted by Crippen LogP contribution is 2.54. The Labute approximate surface area is 138 Å². The van der Waals surface area contributed by atoms with Crippen LogP contribution in [0.4, 0.5) is 0 Å². The van der Waals surface area contributed by atoms with E-state index in [-0.39, 0.29) is 23.6 Å². The lowest BCUT2D eigenvalue weighted by molar-refractivity contribution is -0.139. The molecule has 2 amide bonds. The first-order valence-electron chi connectivity index (χ1n) is 8.14. The van der Waals surface area contributed by atoms with Gasteiger partial charge in [-0.2, -0.15) is 0 Å². The van der Waals surface area contributed by atoms with E-state index in [9.17, 15) is 14.4 Å². The van der Waals surface area contributed by atoms with Gasteiger partial charge >= 0.3 is 0 Å². The Morgan fingerprint density at radius 2 is 1.75 bits per heavy atom. The van der Waals surface area contributed by atoms with Crippen LogP contribution in [0.3, 0.4) is 0 Å². The summed E-state index contributed by atoms with van der Waals surface area (Å²) in [6.07, 6.45) is 0. The average molecular weight is 320 g/mol. The monoisotopic (exact) mass is 320 g/mol. The fourth-order valence-electron chi connectivity index (χ4n) is 4.98. The Balaban J connectivity index is 1.85. The Morgan fingerprint density at radius 1 is 1.04 bits per heavy atom. The highest BCUT2D eigenvalue weighted by atomic mass is 16.2. The predicted molar refractivity (Wildman–Crippen MR) is 87.3 cm³/mol. The highest BCUT2D eigenvalue weighted by molar-refractivity contribution is 6.23. The lowest BCUT2D eigenvalue weighted by Crippen LogP contribution is -2.51. The largest absolute Gasteiger partial charge is 0.297 e. The topological polar surface area (TPSA) is 66.5 Å². The first-order chi connectivity index (χ1) is 11.5. The van der Waals surface area contributed by atoms with E-state index in [1.54, 1.807) is 0 Å². The van der Waals surface area contributed by atoms with Gasteiger partial charge in [-0.3, -0.25) is 24.6 Å². The van der Waals surface area contributed by atoms with Crippen molar-refractivity contribution in [3.63, 3.8) is 0 Å². The fourth-order valence-corrected chi connectivity index (χ4v) is 4.98. The number of imide groups is 1. The molecule has 5 rings (SSSR count). The van der Waals surface area contributed by atoms with Crippen molar-refractivity contribution in [2.24, 2.45) is 11.8 Å². The molecule has 2 aliphatic heterocycles. The predicted octanol–water partition coefficient (Wildman–Crippen LogP) is 1.45. The molecule has 3 aliphatic rings. The first kappa shape index (κ1) is 13.9. The summed E-state index contributed by atoms with van der Waals surface area (Å²) in [5.74, 6) is -1.71. The van der Waals surface area contributed by atoms with Crippen molar-refractivity contribution in [1.82, 2.24) is 10.2 Å². The summed E-state index contributed by atoms with van der Waals surface area (Å²) in [6.45, 7) is 1.88. The zero-order valence-corrected chi connectivity index (χ0v) is 13.4. The quantitative estimate of drug-likeness (QED) is 0.746. The average Bonchev–Trinajstić information content (AvgIpc) is 3.11. The van der Waals surface area contributed by atoms with Crippen molar-refractivity contribution in [1.29, 1.82) is 0 Å². The second kappa shape index (κ2) is 4.11. The molecule has 5 heteroatoms. The zero-order valence-electron chi connectivity index (χ0n) is 13.4. The van der Waals surface area contributed by atoms with Crippen LogP contribution in [-0.4, -0.2) is 35.6 Å². The van der Waals surface area contributed by atoms with Gasteiger partial charge in [0.2, 0.25) is 11.8 Å². The number of hydrogen-bond acceptors (Lipinski definition) is 4. The third-order valence-electron chi connectivity index (χ3n) is 5.96. The third-order valence-corrected chi connectivity index (χ3v) is 5.96. The van der Waals surface area contributed by atoms with Gasteiger partial charge in [0.25, 0.3) is 0 Å². The van der Waals surface area contributed by atoms with E-state index in [1.165, 1.54) is 11.9 Å². The lowest BCUT2D eigenvalue weighted by Gasteiger charge is -2.30. The number of ketones is 1. The normalized spacial score (nSPS) is 34.0. The fraction of sp³-hybridized carbons (Fsp3) is 0.316. The van der Waals surface area contributed by atoms with Gasteiger partial charge in [0.15, 0.2) is 5.78 Å². The number of nitrogens with zero attached hydrogens (tertiary/aromatic N) is 1. The van der Waals surface area contributed by atoms with Crippen LogP contribution < -0.4 is 5.32 Å². The second-order valence-corrected chi connectivity index (χ2v) is 7.02. The number of carbonyl (C=O) groups excluding carboxylic acids is 3. The molecule has 5 nitrogen and oxygen atoms in total.